The minimum atomic E-state index is 0.927. The van der Waals surface area contributed by atoms with Crippen LogP contribution in [0.15, 0.2) is 55.2 Å². The number of aryl methyl sites for hydroxylation is 2. The Balaban J connectivity index is 1.78. The third-order valence-electron chi connectivity index (χ3n) is 4.79. The predicted octanol–water partition coefficient (Wildman–Crippen LogP) is 4.73. The number of aromatic nitrogens is 1. The fourth-order valence-corrected chi connectivity index (χ4v) is 3.51. The van der Waals surface area contributed by atoms with Crippen LogP contribution in [0.25, 0.3) is 16.6 Å². The van der Waals surface area contributed by atoms with Crippen LogP contribution < -0.4 is 4.90 Å². The molecular weight excluding hydrogens is 268 g/mol. The highest BCUT2D eigenvalue weighted by molar-refractivity contribution is 5.90. The maximum atomic E-state index is 4.33. The van der Waals surface area contributed by atoms with Gasteiger partial charge in [0.2, 0.25) is 0 Å². The van der Waals surface area contributed by atoms with Gasteiger partial charge in [-0.1, -0.05) is 31.7 Å². The van der Waals surface area contributed by atoms with Crippen LogP contribution in [0, 0.1) is 0 Å². The molecule has 1 aliphatic heterocycles. The van der Waals surface area contributed by atoms with Gasteiger partial charge in [-0.05, 0) is 41.8 Å². The number of fused-ring (bicyclic) bond motifs is 2. The molecule has 2 heteroatoms. The molecule has 110 valence electrons. The molecule has 0 aliphatic carbocycles. The van der Waals surface area contributed by atoms with E-state index in [9.17, 15) is 0 Å². The zero-order chi connectivity index (χ0) is 15.3. The number of hydrogen-bond donors (Lipinski definition) is 0. The quantitative estimate of drug-likeness (QED) is 0.661. The second-order valence-corrected chi connectivity index (χ2v) is 6.00. The maximum Gasteiger partial charge on any atom is 0.0491 e. The van der Waals surface area contributed by atoms with Gasteiger partial charge in [0, 0.05) is 47.6 Å². The van der Waals surface area contributed by atoms with E-state index in [-0.39, 0.29) is 0 Å². The zero-order valence-electron chi connectivity index (χ0n) is 13.1. The van der Waals surface area contributed by atoms with Crippen molar-refractivity contribution in [1.29, 1.82) is 0 Å². The molecule has 0 unspecified atom stereocenters. The summed E-state index contributed by atoms with van der Waals surface area (Å²) in [7, 11) is 2.08. The highest BCUT2D eigenvalue weighted by Crippen LogP contribution is 2.38. The molecule has 0 radical (unpaired) electrons. The summed E-state index contributed by atoms with van der Waals surface area (Å²) in [5, 5.41) is 1.28. The van der Waals surface area contributed by atoms with Crippen molar-refractivity contribution in [2.45, 2.75) is 19.9 Å². The molecule has 4 rings (SSSR count). The van der Waals surface area contributed by atoms with Crippen molar-refractivity contribution in [3.8, 4) is 0 Å². The average molecular weight is 288 g/mol. The van der Waals surface area contributed by atoms with Crippen molar-refractivity contribution >= 4 is 22.3 Å². The third-order valence-corrected chi connectivity index (χ3v) is 4.79. The van der Waals surface area contributed by atoms with Crippen LogP contribution in [0.2, 0.25) is 0 Å². The SMILES string of the molecule is C=C1c2cccc(CC)c2CN1c1ccc2c(ccn2C)c1. The van der Waals surface area contributed by atoms with Crippen LogP contribution >= 0.6 is 0 Å². The summed E-state index contributed by atoms with van der Waals surface area (Å²) in [5.74, 6) is 0. The molecule has 0 saturated heterocycles. The molecule has 1 aliphatic rings. The molecule has 1 aromatic heterocycles. The van der Waals surface area contributed by atoms with E-state index in [0.717, 1.165) is 18.7 Å². The van der Waals surface area contributed by atoms with Crippen LogP contribution in [0.1, 0.15) is 23.6 Å². The van der Waals surface area contributed by atoms with E-state index in [1.165, 1.54) is 33.3 Å². The number of nitrogens with zero attached hydrogens (tertiary/aromatic N) is 2. The predicted molar refractivity (Wildman–Crippen MR) is 94.0 cm³/mol. The molecule has 0 spiro atoms. The molecule has 3 aromatic rings. The normalized spacial score (nSPS) is 13.9. The first-order chi connectivity index (χ1) is 10.7. The summed E-state index contributed by atoms with van der Waals surface area (Å²) in [6, 6.07) is 15.4. The highest BCUT2D eigenvalue weighted by atomic mass is 15.2. The lowest BCUT2D eigenvalue weighted by molar-refractivity contribution is 0.968. The van der Waals surface area contributed by atoms with Crippen molar-refractivity contribution in [3.63, 3.8) is 0 Å². The Bertz CT molecular complexity index is 886. The lowest BCUT2D eigenvalue weighted by Gasteiger charge is -2.20. The molecule has 0 N–H and O–H groups in total. The van der Waals surface area contributed by atoms with Gasteiger partial charge >= 0.3 is 0 Å². The van der Waals surface area contributed by atoms with E-state index in [1.54, 1.807) is 0 Å². The van der Waals surface area contributed by atoms with Gasteiger partial charge in [0.1, 0.15) is 0 Å². The highest BCUT2D eigenvalue weighted by Gasteiger charge is 2.25. The third kappa shape index (κ3) is 1.80. The molecule has 2 nitrogen and oxygen atoms in total. The smallest absolute Gasteiger partial charge is 0.0491 e. The van der Waals surface area contributed by atoms with Gasteiger partial charge in [0.05, 0.1) is 0 Å². The van der Waals surface area contributed by atoms with Gasteiger partial charge in [-0.25, -0.2) is 0 Å². The first-order valence-corrected chi connectivity index (χ1v) is 7.81. The lowest BCUT2D eigenvalue weighted by Crippen LogP contribution is -2.13. The van der Waals surface area contributed by atoms with Gasteiger partial charge in [-0.3, -0.25) is 0 Å². The Hall–Kier alpha value is -2.48. The minimum Gasteiger partial charge on any atom is -0.351 e. The summed E-state index contributed by atoms with van der Waals surface area (Å²) in [6.07, 6.45) is 3.18. The topological polar surface area (TPSA) is 8.17 Å². The molecule has 22 heavy (non-hydrogen) atoms. The van der Waals surface area contributed by atoms with Crippen LogP contribution in [-0.2, 0) is 20.0 Å². The van der Waals surface area contributed by atoms with E-state index >= 15 is 0 Å². The van der Waals surface area contributed by atoms with Crippen molar-refractivity contribution in [1.82, 2.24) is 4.57 Å². The number of hydrogen-bond acceptors (Lipinski definition) is 1. The number of anilines is 1. The van der Waals surface area contributed by atoms with E-state index in [1.807, 2.05) is 0 Å². The van der Waals surface area contributed by atoms with E-state index < -0.39 is 0 Å². The summed E-state index contributed by atoms with van der Waals surface area (Å²) < 4.78 is 2.15. The Morgan fingerprint density at radius 2 is 2.00 bits per heavy atom. The second-order valence-electron chi connectivity index (χ2n) is 6.00. The van der Waals surface area contributed by atoms with Crippen LogP contribution in [0.5, 0.6) is 0 Å². The largest absolute Gasteiger partial charge is 0.351 e. The van der Waals surface area contributed by atoms with Crippen LogP contribution in [-0.4, -0.2) is 4.57 Å². The average Bonchev–Trinajstić information content (AvgIpc) is 3.08. The van der Waals surface area contributed by atoms with Gasteiger partial charge in [-0.2, -0.15) is 0 Å². The fourth-order valence-electron chi connectivity index (χ4n) is 3.51. The van der Waals surface area contributed by atoms with Crippen LogP contribution in [0.3, 0.4) is 0 Å². The molecule has 2 heterocycles. The number of benzene rings is 2. The molecule has 0 amide bonds. The molecule has 0 bridgehead atoms. The fraction of sp³-hybridized carbons (Fsp3) is 0.200. The van der Waals surface area contributed by atoms with Gasteiger partial charge < -0.3 is 9.47 Å². The zero-order valence-corrected chi connectivity index (χ0v) is 13.1. The van der Waals surface area contributed by atoms with E-state index in [0.29, 0.717) is 0 Å². The minimum absolute atomic E-state index is 0.927. The first kappa shape index (κ1) is 13.2. The van der Waals surface area contributed by atoms with Gasteiger partial charge in [-0.15, -0.1) is 0 Å². The molecule has 0 fully saturated rings. The molecule has 2 aromatic carbocycles. The van der Waals surface area contributed by atoms with E-state index in [4.69, 9.17) is 0 Å². The van der Waals surface area contributed by atoms with Crippen molar-refractivity contribution in [3.05, 3.63) is 71.9 Å². The number of rotatable bonds is 2. The van der Waals surface area contributed by atoms with Crippen molar-refractivity contribution < 1.29 is 0 Å². The van der Waals surface area contributed by atoms with Crippen molar-refractivity contribution in [2.24, 2.45) is 7.05 Å². The van der Waals surface area contributed by atoms with E-state index in [2.05, 4.69) is 78.7 Å². The summed E-state index contributed by atoms with van der Waals surface area (Å²) in [5.41, 5.74) is 7.76. The second kappa shape index (κ2) is 4.77. The summed E-state index contributed by atoms with van der Waals surface area (Å²) in [6.45, 7) is 7.48. The Morgan fingerprint density at radius 1 is 1.14 bits per heavy atom. The van der Waals surface area contributed by atoms with Gasteiger partial charge in [0.15, 0.2) is 0 Å². The first-order valence-electron chi connectivity index (χ1n) is 7.81. The molecule has 0 atom stereocenters. The Morgan fingerprint density at radius 3 is 2.82 bits per heavy atom. The monoisotopic (exact) mass is 288 g/mol. The lowest BCUT2D eigenvalue weighted by atomic mass is 10.0. The summed E-state index contributed by atoms with van der Waals surface area (Å²) >= 11 is 0. The van der Waals surface area contributed by atoms with Crippen LogP contribution in [0.4, 0.5) is 5.69 Å². The summed E-state index contributed by atoms with van der Waals surface area (Å²) in [4.78, 5) is 2.33. The molecule has 0 saturated carbocycles. The Labute approximate surface area is 131 Å². The van der Waals surface area contributed by atoms with Gasteiger partial charge in [0.25, 0.3) is 0 Å². The molecular formula is C20H20N2. The standard InChI is InChI=1S/C20H20N2/c1-4-15-6-5-7-18-14(2)22(13-19(15)18)17-8-9-20-16(12-17)10-11-21(20)3/h5-12H,2,4,13H2,1,3H3. The maximum absolute atomic E-state index is 4.33. The Kier molecular flexibility index (Phi) is 2.86. The van der Waals surface area contributed by atoms with Crippen molar-refractivity contribution in [2.75, 3.05) is 4.90 Å².